The van der Waals surface area contributed by atoms with Crippen LogP contribution in [0.2, 0.25) is 18.1 Å². The van der Waals surface area contributed by atoms with E-state index in [4.69, 9.17) is 19.3 Å². The summed E-state index contributed by atoms with van der Waals surface area (Å²) in [4.78, 5) is 25.6. The molecule has 0 bridgehead atoms. The highest BCUT2D eigenvalue weighted by Gasteiger charge is 2.40. The van der Waals surface area contributed by atoms with Gasteiger partial charge in [-0.2, -0.15) is 0 Å². The van der Waals surface area contributed by atoms with Crippen LogP contribution < -0.4 is 0 Å². The Morgan fingerprint density at radius 3 is 2.09 bits per heavy atom. The summed E-state index contributed by atoms with van der Waals surface area (Å²) in [7, 11) is -5.38. The summed E-state index contributed by atoms with van der Waals surface area (Å²) in [6, 6.07) is 7.33. The Morgan fingerprint density at radius 1 is 0.953 bits per heavy atom. The first-order valence-corrected chi connectivity index (χ1v) is 20.0. The predicted octanol–water partition coefficient (Wildman–Crippen LogP) is 7.04. The van der Waals surface area contributed by atoms with Gasteiger partial charge in [-0.3, -0.25) is 10.2 Å². The number of benzene rings is 1. The van der Waals surface area contributed by atoms with Crippen molar-refractivity contribution < 1.29 is 31.9 Å². The minimum Gasteiger partial charge on any atom is -0.462 e. The van der Waals surface area contributed by atoms with E-state index in [9.17, 15) is 18.0 Å². The Hall–Kier alpha value is -2.04. The van der Waals surface area contributed by atoms with E-state index in [1.807, 2.05) is 65.8 Å². The molecule has 0 aliphatic carbocycles. The average Bonchev–Trinajstić information content (AvgIpc) is 2.81. The molecular formula is C33H57NO7SSi. The van der Waals surface area contributed by atoms with E-state index in [2.05, 4.69) is 33.9 Å². The van der Waals surface area contributed by atoms with E-state index in [1.54, 1.807) is 6.92 Å². The number of carbonyl (C=O) groups excluding carboxylic acids is 2. The van der Waals surface area contributed by atoms with Crippen LogP contribution in [0.1, 0.15) is 99.6 Å². The molecule has 0 radical (unpaired) electrons. The molecule has 0 amide bonds. The summed E-state index contributed by atoms with van der Waals surface area (Å²) in [5, 5.41) is 8.11. The average molecular weight is 640 g/mol. The van der Waals surface area contributed by atoms with Crippen LogP contribution in [0.25, 0.3) is 0 Å². The molecular weight excluding hydrogens is 583 g/mol. The quantitative estimate of drug-likeness (QED) is 0.117. The zero-order valence-corrected chi connectivity index (χ0v) is 30.5. The lowest BCUT2D eigenvalue weighted by Gasteiger charge is -2.36. The normalized spacial score (nSPS) is 14.6. The van der Waals surface area contributed by atoms with Crippen molar-refractivity contribution in [3.8, 4) is 0 Å². The summed E-state index contributed by atoms with van der Waals surface area (Å²) >= 11 is 0. The second-order valence-corrected chi connectivity index (χ2v) is 22.1. The summed E-state index contributed by atoms with van der Waals surface area (Å²) in [5.41, 5.74) is -0.916. The molecule has 8 nitrogen and oxygen atoms in total. The van der Waals surface area contributed by atoms with Crippen LogP contribution in [0.4, 0.5) is 0 Å². The molecule has 0 spiro atoms. The minimum absolute atomic E-state index is 0.00778. The Kier molecular flexibility index (Phi) is 13.4. The van der Waals surface area contributed by atoms with Crippen LogP contribution in [0.5, 0.6) is 0 Å². The Labute approximate surface area is 262 Å². The third-order valence-electron chi connectivity index (χ3n) is 8.12. The molecule has 0 saturated carbocycles. The van der Waals surface area contributed by atoms with Crippen LogP contribution in [0.15, 0.2) is 24.3 Å². The van der Waals surface area contributed by atoms with E-state index in [1.165, 1.54) is 0 Å². The van der Waals surface area contributed by atoms with Gasteiger partial charge in [0, 0.05) is 13.0 Å². The first-order valence-electron chi connectivity index (χ1n) is 15.3. The standard InChI is InChI=1S/C33H57NO7SSi/c1-13-39-28(35)27(34)23-25-16-14-17-26(22-25)33(10,29(36)41-30(2,3)4)19-15-18-32(8,9)24-42(37,38)21-20-40-43(11,12)31(5,6)7/h14,16-17,22,34H,13,15,18-21,23-24H2,1-12H3. The molecule has 1 aromatic rings. The van der Waals surface area contributed by atoms with Gasteiger partial charge in [0.25, 0.3) is 0 Å². The van der Waals surface area contributed by atoms with Gasteiger partial charge in [0.1, 0.15) is 11.3 Å². The van der Waals surface area contributed by atoms with Gasteiger partial charge in [-0.1, -0.05) is 65.3 Å². The highest BCUT2D eigenvalue weighted by Crippen LogP contribution is 2.38. The molecule has 0 aliphatic rings. The zero-order valence-electron chi connectivity index (χ0n) is 28.7. The molecule has 0 saturated heterocycles. The van der Waals surface area contributed by atoms with Gasteiger partial charge in [-0.05, 0) is 82.1 Å². The lowest BCUT2D eigenvalue weighted by atomic mass is 9.75. The zero-order chi connectivity index (χ0) is 33.5. The molecule has 1 unspecified atom stereocenters. The molecule has 1 aromatic carbocycles. The topological polar surface area (TPSA) is 120 Å². The summed E-state index contributed by atoms with van der Waals surface area (Å²) in [6.07, 6.45) is 1.72. The number of hydrogen-bond acceptors (Lipinski definition) is 8. The highest BCUT2D eigenvalue weighted by molar-refractivity contribution is 7.91. The highest BCUT2D eigenvalue weighted by atomic mass is 32.2. The van der Waals surface area contributed by atoms with Crippen molar-refractivity contribution in [3.63, 3.8) is 0 Å². The second-order valence-electron chi connectivity index (χ2n) is 15.1. The first-order chi connectivity index (χ1) is 19.3. The van der Waals surface area contributed by atoms with Crippen molar-refractivity contribution in [1.29, 1.82) is 5.41 Å². The third kappa shape index (κ3) is 12.8. The van der Waals surface area contributed by atoms with Crippen molar-refractivity contribution >= 4 is 35.8 Å². The maximum Gasteiger partial charge on any atom is 0.352 e. The van der Waals surface area contributed by atoms with Gasteiger partial charge >= 0.3 is 11.9 Å². The van der Waals surface area contributed by atoms with E-state index >= 15 is 0 Å². The fraction of sp³-hybridized carbons (Fsp3) is 0.727. The molecule has 0 aromatic heterocycles. The molecule has 1 N–H and O–H groups in total. The van der Waals surface area contributed by atoms with E-state index in [-0.39, 0.29) is 47.9 Å². The van der Waals surface area contributed by atoms with Gasteiger partial charge in [-0.25, -0.2) is 13.2 Å². The number of sulfone groups is 1. The first kappa shape index (κ1) is 39.0. The van der Waals surface area contributed by atoms with Gasteiger partial charge in [0.05, 0.1) is 23.5 Å². The van der Waals surface area contributed by atoms with Crippen molar-refractivity contribution in [1.82, 2.24) is 0 Å². The molecule has 1 rings (SSSR count). The molecule has 10 heteroatoms. The minimum atomic E-state index is -3.35. The fourth-order valence-corrected chi connectivity index (χ4v) is 7.58. The third-order valence-corrected chi connectivity index (χ3v) is 14.7. The van der Waals surface area contributed by atoms with Crippen LogP contribution in [-0.2, 0) is 45.2 Å². The van der Waals surface area contributed by atoms with Gasteiger partial charge < -0.3 is 13.9 Å². The maximum atomic E-state index is 13.6. The molecule has 0 aliphatic heterocycles. The Balaban J connectivity index is 3.07. The molecule has 246 valence electrons. The van der Waals surface area contributed by atoms with Crippen molar-refractivity contribution in [2.24, 2.45) is 5.41 Å². The number of ether oxygens (including phenoxy) is 2. The van der Waals surface area contributed by atoms with Crippen LogP contribution >= 0.6 is 0 Å². The van der Waals surface area contributed by atoms with Crippen molar-refractivity contribution in [2.45, 2.75) is 124 Å². The lowest BCUT2D eigenvalue weighted by molar-refractivity contribution is -0.162. The number of nitrogens with one attached hydrogen (secondary N) is 1. The SMILES string of the molecule is CCOC(=O)C(=N)Cc1cccc(C(C)(CCCC(C)(C)CS(=O)(=O)CCO[Si](C)(C)C(C)(C)C)C(=O)OC(C)(C)C)c1. The smallest absolute Gasteiger partial charge is 0.352 e. The van der Waals surface area contributed by atoms with Crippen molar-refractivity contribution in [2.75, 3.05) is 24.7 Å². The van der Waals surface area contributed by atoms with E-state index in [0.29, 0.717) is 19.3 Å². The van der Waals surface area contributed by atoms with Gasteiger partial charge in [-0.15, -0.1) is 0 Å². The second kappa shape index (κ2) is 14.8. The molecule has 43 heavy (non-hydrogen) atoms. The number of carbonyl (C=O) groups is 2. The largest absolute Gasteiger partial charge is 0.462 e. The summed E-state index contributed by atoms with van der Waals surface area (Å²) < 4.78 is 43.0. The van der Waals surface area contributed by atoms with Crippen LogP contribution in [0.3, 0.4) is 0 Å². The Bertz CT molecular complexity index is 1230. The van der Waals surface area contributed by atoms with E-state index < -0.39 is 40.6 Å². The summed E-state index contributed by atoms with van der Waals surface area (Å²) in [6.45, 7) is 23.9. The number of esters is 2. The molecule has 0 fully saturated rings. The molecule has 1 atom stereocenters. The van der Waals surface area contributed by atoms with Crippen molar-refractivity contribution in [3.05, 3.63) is 35.4 Å². The van der Waals surface area contributed by atoms with E-state index in [0.717, 1.165) is 11.1 Å². The number of rotatable bonds is 16. The fourth-order valence-electron chi connectivity index (χ4n) is 4.57. The lowest BCUT2D eigenvalue weighted by Crippen LogP contribution is -2.42. The van der Waals surface area contributed by atoms with Gasteiger partial charge in [0.2, 0.25) is 0 Å². The number of hydrogen-bond donors (Lipinski definition) is 1. The summed E-state index contributed by atoms with van der Waals surface area (Å²) in [5.74, 6) is -1.00. The predicted molar refractivity (Wildman–Crippen MR) is 177 cm³/mol. The van der Waals surface area contributed by atoms with Crippen LogP contribution in [-0.4, -0.2) is 64.7 Å². The monoisotopic (exact) mass is 639 g/mol. The molecule has 0 heterocycles. The van der Waals surface area contributed by atoms with Gasteiger partial charge in [0.15, 0.2) is 18.2 Å². The van der Waals surface area contributed by atoms with Crippen LogP contribution in [0, 0.1) is 10.8 Å². The Morgan fingerprint density at radius 2 is 1.56 bits per heavy atom. The maximum absolute atomic E-state index is 13.6.